The number of sulfonamides is 1. The minimum atomic E-state index is -3.63. The maximum Gasteiger partial charge on any atom is 0.243 e. The Hall–Kier alpha value is -2.54. The topological polar surface area (TPSA) is 75.7 Å². The van der Waals surface area contributed by atoms with Gasteiger partial charge >= 0.3 is 0 Å². The maximum absolute atomic E-state index is 12.8. The van der Waals surface area contributed by atoms with Crippen molar-refractivity contribution in [2.24, 2.45) is 0 Å². The number of benzene rings is 2. The average molecular weight is 447 g/mol. The lowest BCUT2D eigenvalue weighted by Gasteiger charge is -2.29. The second-order valence-corrected chi connectivity index (χ2v) is 9.73. The van der Waals surface area contributed by atoms with Crippen molar-refractivity contribution in [3.05, 3.63) is 59.2 Å². The highest BCUT2D eigenvalue weighted by atomic mass is 32.2. The number of ether oxygens (including phenoxy) is 1. The summed E-state index contributed by atoms with van der Waals surface area (Å²) in [6, 6.07) is 12.6. The Morgan fingerprint density at radius 3 is 2.55 bits per heavy atom. The normalized spacial score (nSPS) is 12.3. The summed E-state index contributed by atoms with van der Waals surface area (Å²) in [6.45, 7) is 8.55. The van der Waals surface area contributed by atoms with Crippen LogP contribution >= 0.6 is 0 Å². The first-order valence-electron chi connectivity index (χ1n) is 10.7. The molecule has 170 valence electrons. The van der Waals surface area contributed by atoms with Crippen LogP contribution in [0.1, 0.15) is 43.4 Å². The highest BCUT2D eigenvalue weighted by molar-refractivity contribution is 7.92. The van der Waals surface area contributed by atoms with E-state index in [1.165, 1.54) is 4.31 Å². The van der Waals surface area contributed by atoms with E-state index in [2.05, 4.69) is 12.2 Å². The summed E-state index contributed by atoms with van der Waals surface area (Å²) in [5.41, 5.74) is 3.38. The third-order valence-electron chi connectivity index (χ3n) is 5.05. The molecule has 0 radical (unpaired) electrons. The summed E-state index contributed by atoms with van der Waals surface area (Å²) in [5.74, 6) is 0.559. The van der Waals surface area contributed by atoms with Crippen molar-refractivity contribution >= 4 is 21.6 Å². The van der Waals surface area contributed by atoms with Crippen molar-refractivity contribution in [2.75, 3.05) is 23.7 Å². The third kappa shape index (κ3) is 6.99. The first-order chi connectivity index (χ1) is 14.6. The molecule has 0 bridgehead atoms. The number of hydrogen-bond acceptors (Lipinski definition) is 4. The van der Waals surface area contributed by atoms with Gasteiger partial charge in [0.2, 0.25) is 15.9 Å². The number of anilines is 1. The first kappa shape index (κ1) is 24.7. The average Bonchev–Trinajstić information content (AvgIpc) is 2.71. The summed E-state index contributed by atoms with van der Waals surface area (Å²) in [7, 11) is -3.63. The molecule has 0 aromatic heterocycles. The summed E-state index contributed by atoms with van der Waals surface area (Å²) < 4.78 is 32.0. The molecular weight excluding hydrogens is 412 g/mol. The van der Waals surface area contributed by atoms with Crippen molar-refractivity contribution in [3.63, 3.8) is 0 Å². The van der Waals surface area contributed by atoms with Crippen LogP contribution in [0.25, 0.3) is 0 Å². The number of nitrogens with zero attached hydrogens (tertiary/aromatic N) is 1. The molecule has 1 unspecified atom stereocenters. The van der Waals surface area contributed by atoms with Crippen LogP contribution in [0.2, 0.25) is 0 Å². The lowest BCUT2D eigenvalue weighted by atomic mass is 10.1. The van der Waals surface area contributed by atoms with E-state index in [0.717, 1.165) is 48.0 Å². The lowest BCUT2D eigenvalue weighted by Crippen LogP contribution is -2.48. The molecule has 2 rings (SSSR count). The Morgan fingerprint density at radius 2 is 1.87 bits per heavy atom. The second-order valence-electron chi connectivity index (χ2n) is 7.88. The molecule has 6 nitrogen and oxygen atoms in total. The molecule has 0 fully saturated rings. The zero-order valence-electron chi connectivity index (χ0n) is 19.1. The second kappa shape index (κ2) is 11.2. The zero-order valence-corrected chi connectivity index (χ0v) is 20.0. The van der Waals surface area contributed by atoms with E-state index < -0.39 is 16.1 Å². The Balaban J connectivity index is 2.02. The Labute approximate surface area is 186 Å². The van der Waals surface area contributed by atoms with Gasteiger partial charge in [0.05, 0.1) is 18.6 Å². The van der Waals surface area contributed by atoms with E-state index in [1.807, 2.05) is 50.2 Å². The number of rotatable bonds is 11. The van der Waals surface area contributed by atoms with E-state index in [0.29, 0.717) is 18.8 Å². The molecule has 0 saturated heterocycles. The molecule has 1 atom stereocenters. The van der Waals surface area contributed by atoms with E-state index in [-0.39, 0.29) is 5.91 Å². The van der Waals surface area contributed by atoms with Crippen LogP contribution in [-0.4, -0.2) is 39.8 Å². The Kier molecular flexibility index (Phi) is 8.92. The van der Waals surface area contributed by atoms with Gasteiger partial charge in [-0.3, -0.25) is 9.10 Å². The molecule has 0 heterocycles. The minimum Gasteiger partial charge on any atom is -0.493 e. The number of hydrogen-bond donors (Lipinski definition) is 1. The number of aryl methyl sites for hydroxylation is 3. The number of nitrogens with one attached hydrogen (secondary N) is 1. The van der Waals surface area contributed by atoms with Crippen LogP contribution in [-0.2, 0) is 21.2 Å². The lowest BCUT2D eigenvalue weighted by molar-refractivity contribution is -0.121. The van der Waals surface area contributed by atoms with Gasteiger partial charge in [0.1, 0.15) is 11.8 Å². The van der Waals surface area contributed by atoms with Crippen LogP contribution in [0.4, 0.5) is 5.69 Å². The van der Waals surface area contributed by atoms with E-state index >= 15 is 0 Å². The zero-order chi connectivity index (χ0) is 23.0. The quantitative estimate of drug-likeness (QED) is 0.530. The van der Waals surface area contributed by atoms with Crippen molar-refractivity contribution < 1.29 is 17.9 Å². The molecule has 0 aliphatic carbocycles. The van der Waals surface area contributed by atoms with Gasteiger partial charge < -0.3 is 10.1 Å². The van der Waals surface area contributed by atoms with Gasteiger partial charge in [-0.1, -0.05) is 37.3 Å². The first-order valence-corrected chi connectivity index (χ1v) is 12.5. The van der Waals surface area contributed by atoms with Crippen LogP contribution in [0, 0.1) is 13.8 Å². The van der Waals surface area contributed by atoms with Crippen LogP contribution in [0.3, 0.4) is 0 Å². The Bertz CT molecular complexity index is 989. The molecule has 0 aliphatic heterocycles. The molecule has 2 aromatic carbocycles. The monoisotopic (exact) mass is 446 g/mol. The summed E-state index contributed by atoms with van der Waals surface area (Å²) in [6.07, 6.45) is 3.57. The van der Waals surface area contributed by atoms with Crippen LogP contribution in [0.15, 0.2) is 42.5 Å². The van der Waals surface area contributed by atoms with Gasteiger partial charge in [-0.2, -0.15) is 0 Å². The maximum atomic E-state index is 12.8. The van der Waals surface area contributed by atoms with Gasteiger partial charge in [0.15, 0.2) is 0 Å². The van der Waals surface area contributed by atoms with Crippen molar-refractivity contribution in [2.45, 2.75) is 53.0 Å². The predicted octanol–water partition coefficient (Wildman–Crippen LogP) is 4.00. The molecule has 2 aromatic rings. The van der Waals surface area contributed by atoms with Crippen molar-refractivity contribution in [1.82, 2.24) is 5.32 Å². The standard InChI is InChI=1S/C24H34N2O4S/c1-6-16-30-23-12-8-7-10-21(23)11-9-15-25-24(27)20(4)26(31(5,28)29)22-17-18(2)13-14-19(22)3/h7-8,10,12-14,17,20H,6,9,11,15-16H2,1-5H3,(H,25,27). The van der Waals surface area contributed by atoms with E-state index in [1.54, 1.807) is 13.0 Å². The molecule has 1 amide bonds. The number of amides is 1. The van der Waals surface area contributed by atoms with E-state index in [4.69, 9.17) is 4.74 Å². The van der Waals surface area contributed by atoms with E-state index in [9.17, 15) is 13.2 Å². The highest BCUT2D eigenvalue weighted by Gasteiger charge is 2.30. The molecule has 0 spiro atoms. The fourth-order valence-corrected chi connectivity index (χ4v) is 4.66. The Morgan fingerprint density at radius 1 is 1.16 bits per heavy atom. The molecule has 7 heteroatoms. The van der Waals surface area contributed by atoms with Gasteiger partial charge in [0, 0.05) is 6.54 Å². The van der Waals surface area contributed by atoms with Gasteiger partial charge in [-0.15, -0.1) is 0 Å². The van der Waals surface area contributed by atoms with Gasteiger partial charge in [0.25, 0.3) is 0 Å². The summed E-state index contributed by atoms with van der Waals surface area (Å²) >= 11 is 0. The smallest absolute Gasteiger partial charge is 0.243 e. The number of para-hydroxylation sites is 1. The van der Waals surface area contributed by atoms with Crippen LogP contribution < -0.4 is 14.4 Å². The highest BCUT2D eigenvalue weighted by Crippen LogP contribution is 2.26. The summed E-state index contributed by atoms with van der Waals surface area (Å²) in [5, 5.41) is 2.89. The van der Waals surface area contributed by atoms with Crippen molar-refractivity contribution in [3.8, 4) is 5.75 Å². The molecule has 1 N–H and O–H groups in total. The fraction of sp³-hybridized carbons (Fsp3) is 0.458. The molecule has 0 saturated carbocycles. The van der Waals surface area contributed by atoms with Crippen molar-refractivity contribution in [1.29, 1.82) is 0 Å². The molecule has 31 heavy (non-hydrogen) atoms. The largest absolute Gasteiger partial charge is 0.493 e. The fourth-order valence-electron chi connectivity index (χ4n) is 3.44. The van der Waals surface area contributed by atoms with Gasteiger partial charge in [-0.05, 0) is 68.9 Å². The number of carbonyl (C=O) groups is 1. The predicted molar refractivity (Wildman–Crippen MR) is 126 cm³/mol. The summed E-state index contributed by atoms with van der Waals surface area (Å²) in [4.78, 5) is 12.8. The van der Waals surface area contributed by atoms with Gasteiger partial charge in [-0.25, -0.2) is 8.42 Å². The number of carbonyl (C=O) groups excluding carboxylic acids is 1. The molecular formula is C24H34N2O4S. The van der Waals surface area contributed by atoms with Crippen LogP contribution in [0.5, 0.6) is 5.75 Å². The molecule has 0 aliphatic rings. The SMILES string of the molecule is CCCOc1ccccc1CCCNC(=O)C(C)N(c1cc(C)ccc1C)S(C)(=O)=O. The minimum absolute atomic E-state index is 0.318. The third-order valence-corrected chi connectivity index (χ3v) is 6.27.